The van der Waals surface area contributed by atoms with Gasteiger partial charge in [-0.3, -0.25) is 4.79 Å². The van der Waals surface area contributed by atoms with Crippen molar-refractivity contribution in [3.63, 3.8) is 0 Å². The Morgan fingerprint density at radius 2 is 1.69 bits per heavy atom. The molecule has 0 aromatic heterocycles. The van der Waals surface area contributed by atoms with Crippen molar-refractivity contribution >= 4 is 27.6 Å². The van der Waals surface area contributed by atoms with Gasteiger partial charge in [-0.2, -0.15) is 4.31 Å². The Labute approximate surface area is 170 Å². The van der Waals surface area contributed by atoms with Crippen molar-refractivity contribution < 1.29 is 27.5 Å². The zero-order valence-corrected chi connectivity index (χ0v) is 17.4. The van der Waals surface area contributed by atoms with E-state index in [0.717, 1.165) is 0 Å². The zero-order valence-electron chi connectivity index (χ0n) is 16.5. The Hall–Kier alpha value is -2.91. The van der Waals surface area contributed by atoms with Crippen LogP contribution >= 0.6 is 0 Å². The monoisotopic (exact) mass is 420 g/mol. The first-order valence-corrected chi connectivity index (χ1v) is 10.5. The van der Waals surface area contributed by atoms with Gasteiger partial charge >= 0.3 is 5.97 Å². The van der Waals surface area contributed by atoms with Crippen molar-refractivity contribution in [3.05, 3.63) is 54.1 Å². The van der Waals surface area contributed by atoms with Crippen LogP contribution in [0.15, 0.2) is 53.4 Å². The molecule has 0 aliphatic heterocycles. The molecule has 2 aromatic carbocycles. The molecule has 156 valence electrons. The number of amides is 1. The fourth-order valence-electron chi connectivity index (χ4n) is 2.59. The van der Waals surface area contributed by atoms with E-state index in [1.807, 2.05) is 0 Å². The van der Waals surface area contributed by atoms with E-state index in [1.165, 1.54) is 35.7 Å². The van der Waals surface area contributed by atoms with Crippen LogP contribution < -0.4 is 10.1 Å². The average molecular weight is 420 g/mol. The van der Waals surface area contributed by atoms with Gasteiger partial charge in [0.2, 0.25) is 10.0 Å². The fraction of sp³-hybridized carbons (Fsp3) is 0.300. The summed E-state index contributed by atoms with van der Waals surface area (Å²) >= 11 is 0. The van der Waals surface area contributed by atoms with Gasteiger partial charge < -0.3 is 14.8 Å². The molecule has 0 radical (unpaired) electrons. The van der Waals surface area contributed by atoms with E-state index >= 15 is 0 Å². The summed E-state index contributed by atoms with van der Waals surface area (Å²) in [5.41, 5.74) is 0.661. The minimum atomic E-state index is -3.60. The average Bonchev–Trinajstić information content (AvgIpc) is 2.73. The first-order valence-electron chi connectivity index (χ1n) is 9.03. The lowest BCUT2D eigenvalue weighted by Crippen LogP contribution is -2.30. The van der Waals surface area contributed by atoms with Crippen molar-refractivity contribution in [2.45, 2.75) is 18.7 Å². The lowest BCUT2D eigenvalue weighted by Gasteiger charge is -2.18. The number of methoxy groups -OCH3 is 1. The second-order valence-electron chi connectivity index (χ2n) is 5.97. The number of hydrogen-bond donors (Lipinski definition) is 1. The molecule has 9 heteroatoms. The molecule has 0 unspecified atom stereocenters. The molecular formula is C20H24N2O6S. The molecule has 0 atom stereocenters. The van der Waals surface area contributed by atoms with E-state index in [1.54, 1.807) is 38.1 Å². The molecule has 8 nitrogen and oxygen atoms in total. The number of hydrogen-bond acceptors (Lipinski definition) is 6. The molecule has 29 heavy (non-hydrogen) atoms. The van der Waals surface area contributed by atoms with Crippen LogP contribution in [0.2, 0.25) is 0 Å². The van der Waals surface area contributed by atoms with Crippen molar-refractivity contribution in [2.75, 3.05) is 32.1 Å². The third-order valence-corrected chi connectivity index (χ3v) is 6.19. The number of anilines is 1. The van der Waals surface area contributed by atoms with Gasteiger partial charge in [-0.1, -0.05) is 19.9 Å². The summed E-state index contributed by atoms with van der Waals surface area (Å²) in [7, 11) is -2.09. The van der Waals surface area contributed by atoms with Gasteiger partial charge in [-0.15, -0.1) is 0 Å². The molecule has 0 aliphatic rings. The molecule has 0 heterocycles. The number of esters is 1. The Bertz CT molecular complexity index is 953. The van der Waals surface area contributed by atoms with Gasteiger partial charge in [0.1, 0.15) is 5.75 Å². The van der Waals surface area contributed by atoms with Crippen molar-refractivity contribution in [1.82, 2.24) is 4.31 Å². The van der Waals surface area contributed by atoms with Crippen LogP contribution in [-0.4, -0.2) is 51.4 Å². The van der Waals surface area contributed by atoms with E-state index in [4.69, 9.17) is 9.47 Å². The summed E-state index contributed by atoms with van der Waals surface area (Å²) in [5, 5.41) is 2.60. The van der Waals surface area contributed by atoms with Gasteiger partial charge in [0, 0.05) is 24.8 Å². The largest absolute Gasteiger partial charge is 0.497 e. The van der Waals surface area contributed by atoms with E-state index in [0.29, 0.717) is 24.5 Å². The van der Waals surface area contributed by atoms with Gasteiger partial charge in [0.05, 0.1) is 17.6 Å². The predicted octanol–water partition coefficient (Wildman–Crippen LogP) is 2.52. The van der Waals surface area contributed by atoms with Crippen LogP contribution in [0.25, 0.3) is 0 Å². The van der Waals surface area contributed by atoms with Crippen LogP contribution in [0.3, 0.4) is 0 Å². The van der Waals surface area contributed by atoms with Gasteiger partial charge in [-0.25, -0.2) is 13.2 Å². The van der Waals surface area contributed by atoms with Crippen LogP contribution in [0.5, 0.6) is 5.75 Å². The maximum absolute atomic E-state index is 12.5. The molecule has 0 fully saturated rings. The molecule has 1 N–H and O–H groups in total. The second-order valence-corrected chi connectivity index (χ2v) is 7.91. The quantitative estimate of drug-likeness (QED) is 0.626. The number of carbonyl (C=O) groups excluding carboxylic acids is 2. The number of sulfonamides is 1. The van der Waals surface area contributed by atoms with Crippen LogP contribution in [-0.2, 0) is 19.6 Å². The number of rotatable bonds is 9. The lowest BCUT2D eigenvalue weighted by atomic mass is 10.2. The highest BCUT2D eigenvalue weighted by Crippen LogP contribution is 2.18. The van der Waals surface area contributed by atoms with Crippen molar-refractivity contribution in [2.24, 2.45) is 0 Å². The maximum Gasteiger partial charge on any atom is 0.338 e. The number of benzene rings is 2. The number of nitrogens with one attached hydrogen (secondary N) is 1. The lowest BCUT2D eigenvalue weighted by molar-refractivity contribution is -0.119. The molecular weight excluding hydrogens is 396 g/mol. The Morgan fingerprint density at radius 1 is 1.03 bits per heavy atom. The first kappa shape index (κ1) is 22.4. The molecule has 1 amide bonds. The third kappa shape index (κ3) is 5.78. The number of carbonyl (C=O) groups is 2. The molecule has 0 spiro atoms. The molecule has 2 aromatic rings. The fourth-order valence-corrected chi connectivity index (χ4v) is 4.05. The minimum absolute atomic E-state index is 0.0912. The highest BCUT2D eigenvalue weighted by molar-refractivity contribution is 7.89. The van der Waals surface area contributed by atoms with Crippen LogP contribution in [0.1, 0.15) is 24.2 Å². The van der Waals surface area contributed by atoms with Gasteiger partial charge in [-0.05, 0) is 36.4 Å². The smallest absolute Gasteiger partial charge is 0.338 e. The second kappa shape index (κ2) is 10.0. The minimum Gasteiger partial charge on any atom is -0.497 e. The Kier molecular flexibility index (Phi) is 7.74. The van der Waals surface area contributed by atoms with Crippen molar-refractivity contribution in [3.8, 4) is 5.75 Å². The third-order valence-electron chi connectivity index (χ3n) is 4.12. The van der Waals surface area contributed by atoms with Gasteiger partial charge in [0.25, 0.3) is 5.91 Å². The molecule has 0 saturated carbocycles. The van der Waals surface area contributed by atoms with E-state index in [2.05, 4.69) is 5.32 Å². The predicted molar refractivity (Wildman–Crippen MR) is 108 cm³/mol. The van der Waals surface area contributed by atoms with E-state index < -0.39 is 28.5 Å². The standard InChI is InChI=1S/C20H24N2O6S/c1-4-22(5-2)29(25,26)18-11-9-15(10-12-18)20(24)28-14-19(23)21-16-7-6-8-17(13-16)27-3/h6-13H,4-5,14H2,1-3H3,(H,21,23). The summed E-state index contributed by atoms with van der Waals surface area (Å²) in [4.78, 5) is 24.2. The van der Waals surface area contributed by atoms with Crippen LogP contribution in [0.4, 0.5) is 5.69 Å². The summed E-state index contributed by atoms with van der Waals surface area (Å²) in [6.45, 7) is 3.73. The molecule has 0 saturated heterocycles. The van der Waals surface area contributed by atoms with Crippen LogP contribution in [0, 0.1) is 0 Å². The highest BCUT2D eigenvalue weighted by atomic mass is 32.2. The van der Waals surface area contributed by atoms with E-state index in [9.17, 15) is 18.0 Å². The van der Waals surface area contributed by atoms with Gasteiger partial charge in [0.15, 0.2) is 6.61 Å². The Morgan fingerprint density at radius 3 is 2.28 bits per heavy atom. The summed E-state index contributed by atoms with van der Waals surface area (Å²) in [5.74, 6) is -0.649. The normalized spacial score (nSPS) is 11.2. The topological polar surface area (TPSA) is 102 Å². The van der Waals surface area contributed by atoms with E-state index in [-0.39, 0.29) is 10.5 Å². The molecule has 0 bridgehead atoms. The summed E-state index contributed by atoms with van der Waals surface area (Å²) in [6.07, 6.45) is 0. The summed E-state index contributed by atoms with van der Waals surface area (Å²) in [6, 6.07) is 12.2. The maximum atomic E-state index is 12.5. The van der Waals surface area contributed by atoms with Crippen molar-refractivity contribution in [1.29, 1.82) is 0 Å². The zero-order chi connectivity index (χ0) is 21.4. The first-order chi connectivity index (χ1) is 13.8. The molecule has 2 rings (SSSR count). The number of ether oxygens (including phenoxy) is 2. The SMILES string of the molecule is CCN(CC)S(=O)(=O)c1ccc(C(=O)OCC(=O)Nc2cccc(OC)c2)cc1. The Balaban J connectivity index is 1.96. The highest BCUT2D eigenvalue weighted by Gasteiger charge is 2.22. The number of nitrogens with zero attached hydrogens (tertiary/aromatic N) is 1. The summed E-state index contributed by atoms with van der Waals surface area (Å²) < 4.78 is 36.3. The molecule has 0 aliphatic carbocycles.